The molecule has 1 heterocycles. The van der Waals surface area contributed by atoms with Crippen molar-refractivity contribution in [3.05, 3.63) is 71.3 Å². The zero-order chi connectivity index (χ0) is 19.7. The SMILES string of the molecule is O=C(COc1ccccc1N1C(=O)[C@H]2CC=CC[C@H]2C1=O)c1ccc(Cl)cc1. The second-order valence-electron chi connectivity index (χ2n) is 6.85. The van der Waals surface area contributed by atoms with Crippen molar-refractivity contribution in [1.29, 1.82) is 0 Å². The van der Waals surface area contributed by atoms with Gasteiger partial charge in [-0.05, 0) is 49.2 Å². The number of allylic oxidation sites excluding steroid dienone is 2. The third-order valence-electron chi connectivity index (χ3n) is 5.14. The highest BCUT2D eigenvalue weighted by Crippen LogP contribution is 2.40. The molecule has 0 N–H and O–H groups in total. The van der Waals surface area contributed by atoms with Gasteiger partial charge in [0.25, 0.3) is 0 Å². The number of Topliss-reactive ketones (excluding diaryl/α,β-unsaturated/α-hetero) is 1. The van der Waals surface area contributed by atoms with Crippen molar-refractivity contribution in [2.45, 2.75) is 12.8 Å². The summed E-state index contributed by atoms with van der Waals surface area (Å²) in [6.45, 7) is -0.205. The number of nitrogens with zero attached hydrogens (tertiary/aromatic N) is 1. The maximum absolute atomic E-state index is 12.8. The first kappa shape index (κ1) is 18.4. The molecule has 0 bridgehead atoms. The fourth-order valence-electron chi connectivity index (χ4n) is 3.66. The van der Waals surface area contributed by atoms with Crippen molar-refractivity contribution in [1.82, 2.24) is 0 Å². The highest BCUT2D eigenvalue weighted by atomic mass is 35.5. The van der Waals surface area contributed by atoms with E-state index < -0.39 is 0 Å². The summed E-state index contributed by atoms with van der Waals surface area (Å²) in [5.41, 5.74) is 0.864. The van der Waals surface area contributed by atoms with Gasteiger partial charge in [-0.15, -0.1) is 0 Å². The minimum Gasteiger partial charge on any atom is -0.483 e. The lowest BCUT2D eigenvalue weighted by atomic mass is 9.85. The van der Waals surface area contributed by atoms with Crippen LogP contribution in [0.15, 0.2) is 60.7 Å². The lowest BCUT2D eigenvalue weighted by Gasteiger charge is -2.18. The van der Waals surface area contributed by atoms with E-state index in [9.17, 15) is 14.4 Å². The molecule has 0 radical (unpaired) electrons. The Kier molecular flexibility index (Phi) is 5.01. The highest BCUT2D eigenvalue weighted by molar-refractivity contribution is 6.30. The number of imide groups is 1. The van der Waals surface area contributed by atoms with Gasteiger partial charge in [0.05, 0.1) is 17.5 Å². The molecule has 0 aromatic heterocycles. The number of anilines is 1. The minimum atomic E-state index is -0.318. The predicted octanol–water partition coefficient (Wildman–Crippen LogP) is 4.06. The third kappa shape index (κ3) is 3.34. The molecule has 142 valence electrons. The first-order valence-corrected chi connectivity index (χ1v) is 9.47. The van der Waals surface area contributed by atoms with Crippen molar-refractivity contribution < 1.29 is 19.1 Å². The molecule has 2 amide bonds. The molecule has 2 aromatic rings. The van der Waals surface area contributed by atoms with E-state index in [0.29, 0.717) is 34.9 Å². The Bertz CT molecular complexity index is 941. The van der Waals surface area contributed by atoms with Crippen molar-refractivity contribution in [2.24, 2.45) is 11.8 Å². The quantitative estimate of drug-likeness (QED) is 0.435. The fourth-order valence-corrected chi connectivity index (χ4v) is 3.79. The van der Waals surface area contributed by atoms with Gasteiger partial charge in [0.15, 0.2) is 12.4 Å². The number of halogens is 1. The summed E-state index contributed by atoms with van der Waals surface area (Å²) < 4.78 is 5.70. The number of carbonyl (C=O) groups excluding carboxylic acids is 3. The molecule has 0 saturated carbocycles. The van der Waals surface area contributed by atoms with Crippen LogP contribution in [0.2, 0.25) is 5.02 Å². The largest absolute Gasteiger partial charge is 0.483 e. The van der Waals surface area contributed by atoms with Gasteiger partial charge in [0, 0.05) is 10.6 Å². The van der Waals surface area contributed by atoms with Gasteiger partial charge in [0.1, 0.15) is 5.75 Å². The molecule has 28 heavy (non-hydrogen) atoms. The molecule has 0 spiro atoms. The zero-order valence-corrected chi connectivity index (χ0v) is 15.8. The Labute approximate surface area is 167 Å². The molecule has 5 nitrogen and oxygen atoms in total. The second-order valence-corrected chi connectivity index (χ2v) is 7.29. The number of hydrogen-bond donors (Lipinski definition) is 0. The molecule has 6 heteroatoms. The Hall–Kier alpha value is -2.92. The summed E-state index contributed by atoms with van der Waals surface area (Å²) in [4.78, 5) is 39.2. The third-order valence-corrected chi connectivity index (χ3v) is 5.39. The Morgan fingerprint density at radius 1 is 0.964 bits per heavy atom. The number of fused-ring (bicyclic) bond motifs is 1. The van der Waals surface area contributed by atoms with Crippen molar-refractivity contribution >= 4 is 34.9 Å². The second kappa shape index (κ2) is 7.60. The molecule has 4 rings (SSSR count). The summed E-state index contributed by atoms with van der Waals surface area (Å²) in [5.74, 6) is -0.942. The maximum atomic E-state index is 12.8. The van der Waals surface area contributed by atoms with Crippen molar-refractivity contribution in [3.8, 4) is 5.75 Å². The number of hydrogen-bond acceptors (Lipinski definition) is 4. The van der Waals surface area contributed by atoms with Gasteiger partial charge < -0.3 is 4.74 Å². The van der Waals surface area contributed by atoms with Gasteiger partial charge in [0.2, 0.25) is 11.8 Å². The average Bonchev–Trinajstić information content (AvgIpc) is 2.97. The van der Waals surface area contributed by atoms with Gasteiger partial charge in [-0.3, -0.25) is 14.4 Å². The molecule has 1 fully saturated rings. The molecule has 1 saturated heterocycles. The minimum absolute atomic E-state index is 0.205. The summed E-state index contributed by atoms with van der Waals surface area (Å²) in [7, 11) is 0. The van der Waals surface area contributed by atoms with Gasteiger partial charge in [-0.2, -0.15) is 0 Å². The van der Waals surface area contributed by atoms with Gasteiger partial charge >= 0.3 is 0 Å². The van der Waals surface area contributed by atoms with Gasteiger partial charge in [-0.25, -0.2) is 4.90 Å². The van der Waals surface area contributed by atoms with Crippen LogP contribution in [-0.2, 0) is 9.59 Å². The van der Waals surface area contributed by atoms with E-state index >= 15 is 0 Å². The number of rotatable bonds is 5. The van der Waals surface area contributed by atoms with Crippen LogP contribution in [0.4, 0.5) is 5.69 Å². The lowest BCUT2D eigenvalue weighted by molar-refractivity contribution is -0.122. The van der Waals surface area contributed by atoms with Crippen LogP contribution in [0.25, 0.3) is 0 Å². The van der Waals surface area contributed by atoms with E-state index in [-0.39, 0.29) is 36.0 Å². The van der Waals surface area contributed by atoms with Crippen LogP contribution >= 0.6 is 11.6 Å². The summed E-state index contributed by atoms with van der Waals surface area (Å²) in [6.07, 6.45) is 5.04. The smallest absolute Gasteiger partial charge is 0.238 e. The molecule has 2 atom stereocenters. The van der Waals surface area contributed by atoms with E-state index in [0.717, 1.165) is 0 Å². The molecule has 1 aliphatic heterocycles. The molecule has 2 aliphatic rings. The normalized spacial score (nSPS) is 21.0. The molecule has 1 aliphatic carbocycles. The standard InChI is InChI=1S/C22H18ClNO4/c23-15-11-9-14(10-12-15)19(25)13-28-20-8-4-3-7-18(20)24-21(26)16-5-1-2-6-17(16)22(24)27/h1-4,7-12,16-17H,5-6,13H2/t16-,17+. The van der Waals surface area contributed by atoms with E-state index in [1.165, 1.54) is 4.90 Å². The Balaban J connectivity index is 1.54. The van der Waals surface area contributed by atoms with E-state index in [1.54, 1.807) is 48.5 Å². The number of ether oxygens (including phenoxy) is 1. The van der Waals surface area contributed by atoms with Crippen LogP contribution in [0, 0.1) is 11.8 Å². The molecular weight excluding hydrogens is 378 g/mol. The van der Waals surface area contributed by atoms with Crippen molar-refractivity contribution in [3.63, 3.8) is 0 Å². The van der Waals surface area contributed by atoms with Crippen LogP contribution in [0.1, 0.15) is 23.2 Å². The molecule has 2 aromatic carbocycles. The maximum Gasteiger partial charge on any atom is 0.238 e. The van der Waals surface area contributed by atoms with Crippen molar-refractivity contribution in [2.75, 3.05) is 11.5 Å². The van der Waals surface area contributed by atoms with E-state index in [2.05, 4.69) is 0 Å². The molecular formula is C22H18ClNO4. The first-order valence-electron chi connectivity index (χ1n) is 9.09. The number of para-hydroxylation sites is 2. The zero-order valence-electron chi connectivity index (χ0n) is 15.0. The van der Waals surface area contributed by atoms with E-state index in [4.69, 9.17) is 16.3 Å². The predicted molar refractivity (Wildman–Crippen MR) is 106 cm³/mol. The summed E-state index contributed by atoms with van der Waals surface area (Å²) >= 11 is 5.85. The monoisotopic (exact) mass is 395 g/mol. The fraction of sp³-hybridized carbons (Fsp3) is 0.227. The van der Waals surface area contributed by atoms with E-state index in [1.807, 2.05) is 12.2 Å². The number of benzene rings is 2. The summed E-state index contributed by atoms with van der Waals surface area (Å²) in [6, 6.07) is 13.3. The first-order chi connectivity index (χ1) is 13.6. The Morgan fingerprint density at radius 3 is 2.21 bits per heavy atom. The van der Waals surface area contributed by atoms with Crippen LogP contribution in [0.3, 0.4) is 0 Å². The number of amides is 2. The van der Waals surface area contributed by atoms with Crippen LogP contribution < -0.4 is 9.64 Å². The lowest BCUT2D eigenvalue weighted by Crippen LogP contribution is -2.31. The topological polar surface area (TPSA) is 63.7 Å². The Morgan fingerprint density at radius 2 is 1.57 bits per heavy atom. The average molecular weight is 396 g/mol. The highest BCUT2D eigenvalue weighted by Gasteiger charge is 2.48. The molecule has 0 unspecified atom stereocenters. The number of carbonyl (C=O) groups is 3. The van der Waals surface area contributed by atoms with Gasteiger partial charge in [-0.1, -0.05) is 35.9 Å². The summed E-state index contributed by atoms with van der Waals surface area (Å²) in [5, 5.41) is 0.546. The van der Waals surface area contributed by atoms with Crippen LogP contribution in [-0.4, -0.2) is 24.2 Å². The number of ketones is 1. The van der Waals surface area contributed by atoms with Crippen LogP contribution in [0.5, 0.6) is 5.75 Å².